The maximum atomic E-state index is 11.3. The van der Waals surface area contributed by atoms with Gasteiger partial charge in [0.1, 0.15) is 17.4 Å². The van der Waals surface area contributed by atoms with Crippen LogP contribution >= 0.6 is 12.4 Å². The molecule has 2 saturated heterocycles. The molecule has 21 heavy (non-hydrogen) atoms. The highest BCUT2D eigenvalue weighted by Crippen LogP contribution is 2.30. The van der Waals surface area contributed by atoms with Gasteiger partial charge in [-0.1, -0.05) is 0 Å². The molecule has 0 radical (unpaired) electrons. The Hall–Kier alpha value is -1.52. The van der Waals surface area contributed by atoms with Crippen LogP contribution < -0.4 is 15.7 Å². The molecule has 0 aliphatic carbocycles. The summed E-state index contributed by atoms with van der Waals surface area (Å²) in [7, 11) is 0. The minimum atomic E-state index is -0.324. The number of nitrogens with one attached hydrogen (secondary N) is 1. The van der Waals surface area contributed by atoms with E-state index in [4.69, 9.17) is 9.15 Å². The van der Waals surface area contributed by atoms with Gasteiger partial charge in [-0.3, -0.25) is 0 Å². The maximum absolute atomic E-state index is 11.3. The molecule has 3 heterocycles. The molecule has 2 aliphatic heterocycles. The van der Waals surface area contributed by atoms with Gasteiger partial charge in [0.25, 0.3) is 0 Å². The Morgan fingerprint density at radius 2 is 1.81 bits per heavy atom. The monoisotopic (exact) mass is 307 g/mol. The van der Waals surface area contributed by atoms with Crippen molar-refractivity contribution in [2.75, 3.05) is 0 Å². The van der Waals surface area contributed by atoms with Crippen molar-refractivity contribution in [2.45, 2.75) is 43.9 Å². The standard InChI is InChI=1S/C16H17NO3.ClH/c18-16-6-2-10-1-5-13(9-15(10)20-16)19-14-7-11-3-4-12(8-14)17-11;/h1-2,5-6,9,11-12,14,17H,3-4,7-8H2;1H/t11-,12+,14-;. The highest BCUT2D eigenvalue weighted by Gasteiger charge is 2.34. The molecule has 0 spiro atoms. The first-order valence-electron chi connectivity index (χ1n) is 7.23. The zero-order valence-electron chi connectivity index (χ0n) is 11.6. The highest BCUT2D eigenvalue weighted by atomic mass is 35.5. The number of hydrogen-bond acceptors (Lipinski definition) is 4. The van der Waals surface area contributed by atoms with E-state index in [1.807, 2.05) is 18.2 Å². The van der Waals surface area contributed by atoms with Crippen LogP contribution in [0.4, 0.5) is 0 Å². The molecule has 5 heteroatoms. The molecule has 4 rings (SSSR count). The van der Waals surface area contributed by atoms with Crippen LogP contribution in [0.1, 0.15) is 25.7 Å². The van der Waals surface area contributed by atoms with Crippen LogP contribution in [0.5, 0.6) is 5.75 Å². The van der Waals surface area contributed by atoms with Crippen molar-refractivity contribution >= 4 is 23.4 Å². The van der Waals surface area contributed by atoms with E-state index in [0.29, 0.717) is 17.7 Å². The summed E-state index contributed by atoms with van der Waals surface area (Å²) in [6, 6.07) is 10.1. The van der Waals surface area contributed by atoms with Gasteiger partial charge in [-0.15, -0.1) is 12.4 Å². The minimum absolute atomic E-state index is 0. The van der Waals surface area contributed by atoms with Crippen molar-refractivity contribution in [1.82, 2.24) is 5.32 Å². The average molecular weight is 308 g/mol. The molecule has 2 aliphatic rings. The largest absolute Gasteiger partial charge is 0.490 e. The Bertz CT molecular complexity index is 687. The average Bonchev–Trinajstić information content (AvgIpc) is 2.77. The molecule has 0 saturated carbocycles. The summed E-state index contributed by atoms with van der Waals surface area (Å²) in [6.45, 7) is 0. The minimum Gasteiger partial charge on any atom is -0.490 e. The molecule has 1 N–H and O–H groups in total. The summed E-state index contributed by atoms with van der Waals surface area (Å²) in [5.74, 6) is 0.790. The SMILES string of the molecule is Cl.O=c1ccc2ccc(O[C@@H]3C[C@H]4CC[C@@H](C3)N4)cc2o1. The second-order valence-electron chi connectivity index (χ2n) is 5.80. The quantitative estimate of drug-likeness (QED) is 0.867. The molecule has 0 unspecified atom stereocenters. The molecule has 2 bridgehead atoms. The van der Waals surface area contributed by atoms with Crippen LogP contribution in [0.15, 0.2) is 39.5 Å². The summed E-state index contributed by atoms with van der Waals surface area (Å²) in [5.41, 5.74) is 0.265. The number of benzene rings is 1. The fourth-order valence-corrected chi connectivity index (χ4v) is 3.41. The summed E-state index contributed by atoms with van der Waals surface area (Å²) in [5, 5.41) is 4.52. The molecule has 1 aromatic carbocycles. The van der Waals surface area contributed by atoms with Crippen molar-refractivity contribution in [3.63, 3.8) is 0 Å². The van der Waals surface area contributed by atoms with Gasteiger partial charge >= 0.3 is 5.63 Å². The molecule has 3 atom stereocenters. The zero-order chi connectivity index (χ0) is 13.5. The van der Waals surface area contributed by atoms with Gasteiger partial charge in [0.15, 0.2) is 0 Å². The fraction of sp³-hybridized carbons (Fsp3) is 0.438. The Morgan fingerprint density at radius 3 is 2.57 bits per heavy atom. The van der Waals surface area contributed by atoms with Crippen molar-refractivity contribution in [3.05, 3.63) is 40.8 Å². The lowest BCUT2D eigenvalue weighted by atomic mass is 10.0. The third kappa shape index (κ3) is 2.92. The third-order valence-electron chi connectivity index (χ3n) is 4.33. The highest BCUT2D eigenvalue weighted by molar-refractivity contribution is 5.85. The molecule has 2 aromatic rings. The van der Waals surface area contributed by atoms with Crippen LogP contribution in [0.2, 0.25) is 0 Å². The second-order valence-corrected chi connectivity index (χ2v) is 5.80. The Morgan fingerprint density at radius 1 is 1.10 bits per heavy atom. The van der Waals surface area contributed by atoms with Crippen LogP contribution in [0.25, 0.3) is 11.0 Å². The molecule has 4 nitrogen and oxygen atoms in total. The van der Waals surface area contributed by atoms with E-state index in [-0.39, 0.29) is 24.1 Å². The molecule has 1 aromatic heterocycles. The van der Waals surface area contributed by atoms with Gasteiger partial charge in [0, 0.05) is 29.6 Å². The lowest BCUT2D eigenvalue weighted by Crippen LogP contribution is -2.42. The van der Waals surface area contributed by atoms with E-state index in [1.54, 1.807) is 6.07 Å². The summed E-state index contributed by atoms with van der Waals surface area (Å²) < 4.78 is 11.3. The van der Waals surface area contributed by atoms with Gasteiger partial charge < -0.3 is 14.5 Å². The van der Waals surface area contributed by atoms with E-state index in [2.05, 4.69) is 5.32 Å². The van der Waals surface area contributed by atoms with Crippen LogP contribution in [0.3, 0.4) is 0 Å². The zero-order valence-corrected chi connectivity index (χ0v) is 12.4. The summed E-state index contributed by atoms with van der Waals surface area (Å²) >= 11 is 0. The molecular weight excluding hydrogens is 290 g/mol. The number of halogens is 1. The number of hydrogen-bond donors (Lipinski definition) is 1. The first-order valence-corrected chi connectivity index (χ1v) is 7.23. The maximum Gasteiger partial charge on any atom is 0.336 e. The number of piperidine rings is 1. The van der Waals surface area contributed by atoms with Crippen LogP contribution in [0, 0.1) is 0 Å². The summed E-state index contributed by atoms with van der Waals surface area (Å²) in [4.78, 5) is 11.3. The third-order valence-corrected chi connectivity index (χ3v) is 4.33. The first-order chi connectivity index (χ1) is 9.76. The second kappa shape index (κ2) is 5.70. The first kappa shape index (κ1) is 14.4. The normalized spacial score (nSPS) is 27.3. The predicted molar refractivity (Wildman–Crippen MR) is 83.3 cm³/mol. The molecule has 0 amide bonds. The van der Waals surface area contributed by atoms with Gasteiger partial charge in [-0.2, -0.15) is 0 Å². The molecule has 2 fully saturated rings. The summed E-state index contributed by atoms with van der Waals surface area (Å²) in [6.07, 6.45) is 4.91. The smallest absolute Gasteiger partial charge is 0.336 e. The Labute approximate surface area is 128 Å². The van der Waals surface area contributed by atoms with E-state index in [0.717, 1.165) is 24.0 Å². The van der Waals surface area contributed by atoms with E-state index in [9.17, 15) is 4.79 Å². The van der Waals surface area contributed by atoms with E-state index < -0.39 is 0 Å². The van der Waals surface area contributed by atoms with Crippen molar-refractivity contribution in [1.29, 1.82) is 0 Å². The van der Waals surface area contributed by atoms with E-state index in [1.165, 1.54) is 18.9 Å². The van der Waals surface area contributed by atoms with Crippen molar-refractivity contribution in [2.24, 2.45) is 0 Å². The topological polar surface area (TPSA) is 51.5 Å². The Balaban J connectivity index is 0.00000132. The molecular formula is C16H18ClNO3. The fourth-order valence-electron chi connectivity index (χ4n) is 3.41. The van der Waals surface area contributed by atoms with Gasteiger partial charge in [0.2, 0.25) is 0 Å². The van der Waals surface area contributed by atoms with Gasteiger partial charge in [-0.05, 0) is 43.9 Å². The lowest BCUT2D eigenvalue weighted by molar-refractivity contribution is 0.137. The van der Waals surface area contributed by atoms with E-state index >= 15 is 0 Å². The molecule has 112 valence electrons. The number of fused-ring (bicyclic) bond motifs is 3. The Kier molecular flexibility index (Phi) is 3.91. The van der Waals surface area contributed by atoms with Crippen LogP contribution in [-0.4, -0.2) is 18.2 Å². The van der Waals surface area contributed by atoms with Crippen molar-refractivity contribution in [3.8, 4) is 5.75 Å². The van der Waals surface area contributed by atoms with Gasteiger partial charge in [-0.25, -0.2) is 4.79 Å². The number of ether oxygens (including phenoxy) is 1. The van der Waals surface area contributed by atoms with Gasteiger partial charge in [0.05, 0.1) is 0 Å². The number of rotatable bonds is 2. The lowest BCUT2D eigenvalue weighted by Gasteiger charge is -2.29. The van der Waals surface area contributed by atoms with Crippen LogP contribution in [-0.2, 0) is 0 Å². The van der Waals surface area contributed by atoms with Crippen molar-refractivity contribution < 1.29 is 9.15 Å². The predicted octanol–water partition coefficient (Wildman–Crippen LogP) is 2.88.